The standard InChI is InChI=1S/C12H21N3O2/c1-12(2,3)10-9(7-15(4)14-10)8(6-13)11(16)17-5/h7-8H,6,13H2,1-5H3. The summed E-state index contributed by atoms with van der Waals surface area (Å²) in [5, 5.41) is 4.42. The van der Waals surface area contributed by atoms with E-state index in [1.807, 2.05) is 13.2 Å². The van der Waals surface area contributed by atoms with E-state index in [-0.39, 0.29) is 17.9 Å². The van der Waals surface area contributed by atoms with Crippen molar-refractivity contribution in [3.8, 4) is 0 Å². The number of esters is 1. The number of carbonyl (C=O) groups excluding carboxylic acids is 1. The highest BCUT2D eigenvalue weighted by molar-refractivity contribution is 5.78. The number of aromatic nitrogens is 2. The van der Waals surface area contributed by atoms with Crippen molar-refractivity contribution in [3.05, 3.63) is 17.5 Å². The van der Waals surface area contributed by atoms with Crippen LogP contribution in [0.4, 0.5) is 0 Å². The Hall–Kier alpha value is -1.36. The van der Waals surface area contributed by atoms with Gasteiger partial charge in [0.05, 0.1) is 18.7 Å². The second-order valence-corrected chi connectivity index (χ2v) is 5.17. The molecule has 1 rings (SSSR count). The molecule has 0 bridgehead atoms. The monoisotopic (exact) mass is 239 g/mol. The van der Waals surface area contributed by atoms with Gasteiger partial charge >= 0.3 is 5.97 Å². The van der Waals surface area contributed by atoms with Crippen molar-refractivity contribution in [3.63, 3.8) is 0 Å². The number of hydrogen-bond acceptors (Lipinski definition) is 4. The highest BCUT2D eigenvalue weighted by Gasteiger charge is 2.30. The number of aryl methyl sites for hydroxylation is 1. The van der Waals surface area contributed by atoms with Crippen molar-refractivity contribution < 1.29 is 9.53 Å². The molecule has 0 spiro atoms. The van der Waals surface area contributed by atoms with Crippen molar-refractivity contribution in [1.82, 2.24) is 9.78 Å². The van der Waals surface area contributed by atoms with Crippen LogP contribution >= 0.6 is 0 Å². The Balaban J connectivity index is 3.24. The largest absolute Gasteiger partial charge is 0.469 e. The van der Waals surface area contributed by atoms with E-state index in [1.165, 1.54) is 7.11 Å². The first-order chi connectivity index (χ1) is 7.81. The van der Waals surface area contributed by atoms with Gasteiger partial charge in [0.15, 0.2) is 0 Å². The average Bonchev–Trinajstić information content (AvgIpc) is 2.60. The Kier molecular flexibility index (Phi) is 3.93. The maximum absolute atomic E-state index is 11.7. The molecule has 0 aliphatic carbocycles. The third-order valence-electron chi connectivity index (χ3n) is 2.66. The van der Waals surface area contributed by atoms with Crippen LogP contribution in [-0.4, -0.2) is 29.4 Å². The van der Waals surface area contributed by atoms with Crippen LogP contribution in [0.15, 0.2) is 6.20 Å². The summed E-state index contributed by atoms with van der Waals surface area (Å²) in [4.78, 5) is 11.7. The lowest BCUT2D eigenvalue weighted by atomic mass is 9.85. The van der Waals surface area contributed by atoms with E-state index in [0.29, 0.717) is 0 Å². The molecule has 0 aliphatic heterocycles. The van der Waals surface area contributed by atoms with E-state index in [0.717, 1.165) is 11.3 Å². The Morgan fingerprint density at radius 1 is 1.59 bits per heavy atom. The molecule has 0 saturated heterocycles. The van der Waals surface area contributed by atoms with Gasteiger partial charge in [0, 0.05) is 30.8 Å². The van der Waals surface area contributed by atoms with Crippen LogP contribution in [-0.2, 0) is 22.0 Å². The molecule has 96 valence electrons. The van der Waals surface area contributed by atoms with Gasteiger partial charge in [-0.15, -0.1) is 0 Å². The van der Waals surface area contributed by atoms with Crippen LogP contribution in [0.1, 0.15) is 37.9 Å². The molecule has 0 aliphatic rings. The third kappa shape index (κ3) is 2.85. The Morgan fingerprint density at radius 3 is 2.59 bits per heavy atom. The fraction of sp³-hybridized carbons (Fsp3) is 0.667. The zero-order valence-corrected chi connectivity index (χ0v) is 11.2. The van der Waals surface area contributed by atoms with Crippen LogP contribution < -0.4 is 5.73 Å². The zero-order valence-electron chi connectivity index (χ0n) is 11.2. The molecule has 0 fully saturated rings. The third-order valence-corrected chi connectivity index (χ3v) is 2.66. The van der Waals surface area contributed by atoms with E-state index in [4.69, 9.17) is 10.5 Å². The van der Waals surface area contributed by atoms with Crippen LogP contribution in [0, 0.1) is 0 Å². The molecule has 1 unspecified atom stereocenters. The van der Waals surface area contributed by atoms with Gasteiger partial charge in [0.25, 0.3) is 0 Å². The van der Waals surface area contributed by atoms with E-state index < -0.39 is 5.92 Å². The predicted molar refractivity (Wildman–Crippen MR) is 65.7 cm³/mol. The molecule has 5 heteroatoms. The maximum atomic E-state index is 11.7. The molecule has 2 N–H and O–H groups in total. The second kappa shape index (κ2) is 4.87. The fourth-order valence-corrected chi connectivity index (χ4v) is 1.84. The maximum Gasteiger partial charge on any atom is 0.314 e. The predicted octanol–water partition coefficient (Wildman–Crippen LogP) is 0.933. The summed E-state index contributed by atoms with van der Waals surface area (Å²) < 4.78 is 6.49. The van der Waals surface area contributed by atoms with Crippen molar-refractivity contribution >= 4 is 5.97 Å². The summed E-state index contributed by atoms with van der Waals surface area (Å²) in [6.07, 6.45) is 1.84. The Labute approximate surface area is 102 Å². The number of rotatable bonds is 3. The lowest BCUT2D eigenvalue weighted by Crippen LogP contribution is -2.26. The van der Waals surface area contributed by atoms with Crippen LogP contribution in [0.2, 0.25) is 0 Å². The first kappa shape index (κ1) is 13.7. The second-order valence-electron chi connectivity index (χ2n) is 5.17. The van der Waals surface area contributed by atoms with Crippen molar-refractivity contribution in [2.75, 3.05) is 13.7 Å². The Morgan fingerprint density at radius 2 is 2.18 bits per heavy atom. The highest BCUT2D eigenvalue weighted by Crippen LogP contribution is 2.29. The summed E-state index contributed by atoms with van der Waals surface area (Å²) >= 11 is 0. The quantitative estimate of drug-likeness (QED) is 0.797. The summed E-state index contributed by atoms with van der Waals surface area (Å²) in [5.74, 6) is -0.756. The van der Waals surface area contributed by atoms with Gasteiger partial charge in [-0.05, 0) is 0 Å². The molecular formula is C12H21N3O2. The lowest BCUT2D eigenvalue weighted by molar-refractivity contribution is -0.142. The minimum atomic E-state index is -0.442. The number of nitrogens with zero attached hydrogens (tertiary/aromatic N) is 2. The summed E-state index contributed by atoms with van der Waals surface area (Å²) in [7, 11) is 3.21. The van der Waals surface area contributed by atoms with Crippen molar-refractivity contribution in [1.29, 1.82) is 0 Å². The summed E-state index contributed by atoms with van der Waals surface area (Å²) in [6, 6.07) is 0. The topological polar surface area (TPSA) is 70.1 Å². The smallest absolute Gasteiger partial charge is 0.314 e. The number of ether oxygens (including phenoxy) is 1. The summed E-state index contributed by atoms with van der Waals surface area (Å²) in [5.41, 5.74) is 7.28. The van der Waals surface area contributed by atoms with Crippen molar-refractivity contribution in [2.24, 2.45) is 12.8 Å². The van der Waals surface area contributed by atoms with E-state index >= 15 is 0 Å². The van der Waals surface area contributed by atoms with Crippen LogP contribution in [0.25, 0.3) is 0 Å². The minimum absolute atomic E-state index is 0.127. The molecule has 1 atom stereocenters. The minimum Gasteiger partial charge on any atom is -0.469 e. The normalized spacial score (nSPS) is 13.5. The molecule has 0 saturated carbocycles. The first-order valence-electron chi connectivity index (χ1n) is 5.63. The number of hydrogen-bond donors (Lipinski definition) is 1. The number of carbonyl (C=O) groups is 1. The SMILES string of the molecule is COC(=O)C(CN)c1cn(C)nc1C(C)(C)C. The zero-order chi connectivity index (χ0) is 13.2. The lowest BCUT2D eigenvalue weighted by Gasteiger charge is -2.20. The van der Waals surface area contributed by atoms with E-state index in [2.05, 4.69) is 25.9 Å². The van der Waals surface area contributed by atoms with Crippen molar-refractivity contribution in [2.45, 2.75) is 32.1 Å². The first-order valence-corrected chi connectivity index (χ1v) is 5.63. The Bertz CT molecular complexity index is 404. The highest BCUT2D eigenvalue weighted by atomic mass is 16.5. The van der Waals surface area contributed by atoms with Crippen LogP contribution in [0.3, 0.4) is 0 Å². The molecule has 17 heavy (non-hydrogen) atoms. The summed E-state index contributed by atoms with van der Waals surface area (Å²) in [6.45, 7) is 6.40. The average molecular weight is 239 g/mol. The molecular weight excluding hydrogens is 218 g/mol. The van der Waals surface area contributed by atoms with Gasteiger partial charge < -0.3 is 10.5 Å². The molecule has 0 radical (unpaired) electrons. The van der Waals surface area contributed by atoms with Gasteiger partial charge in [-0.2, -0.15) is 5.10 Å². The van der Waals surface area contributed by atoms with Gasteiger partial charge in [0.1, 0.15) is 0 Å². The molecule has 0 aromatic carbocycles. The molecule has 1 aromatic rings. The molecule has 0 amide bonds. The van der Waals surface area contributed by atoms with Gasteiger partial charge in [-0.3, -0.25) is 9.48 Å². The molecule has 1 heterocycles. The van der Waals surface area contributed by atoms with Gasteiger partial charge in [-0.1, -0.05) is 20.8 Å². The van der Waals surface area contributed by atoms with Gasteiger partial charge in [-0.25, -0.2) is 0 Å². The van der Waals surface area contributed by atoms with Gasteiger partial charge in [0.2, 0.25) is 0 Å². The van der Waals surface area contributed by atoms with E-state index in [1.54, 1.807) is 4.68 Å². The van der Waals surface area contributed by atoms with Crippen LogP contribution in [0.5, 0.6) is 0 Å². The van der Waals surface area contributed by atoms with E-state index in [9.17, 15) is 4.79 Å². The molecule has 1 aromatic heterocycles. The fourth-order valence-electron chi connectivity index (χ4n) is 1.84. The number of nitrogens with two attached hydrogens (primary N) is 1. The number of methoxy groups -OCH3 is 1. The molecule has 5 nitrogen and oxygen atoms in total.